The Labute approximate surface area is 158 Å². The summed E-state index contributed by atoms with van der Waals surface area (Å²) >= 11 is 0. The standard InChI is InChI=1S/C21H24N2O4/c1-27-17-8-4-15(5-9-17)6-11-20(24)22-19-10-7-16(14-18(19)21(25)26)23-12-2-3-13-23/h4-5,7-10,14H,2-3,6,11-13H2,1H3,(H,22,24)(H,25,26). The molecule has 1 fully saturated rings. The highest BCUT2D eigenvalue weighted by molar-refractivity contribution is 6.01. The summed E-state index contributed by atoms with van der Waals surface area (Å²) < 4.78 is 5.12. The van der Waals surface area contributed by atoms with E-state index in [0.717, 1.165) is 42.9 Å². The summed E-state index contributed by atoms with van der Waals surface area (Å²) in [6.07, 6.45) is 3.09. The molecule has 0 bridgehead atoms. The largest absolute Gasteiger partial charge is 0.497 e. The average Bonchev–Trinajstić information content (AvgIpc) is 3.21. The maximum absolute atomic E-state index is 12.3. The van der Waals surface area contributed by atoms with Crippen molar-refractivity contribution in [2.75, 3.05) is 30.4 Å². The van der Waals surface area contributed by atoms with Gasteiger partial charge in [0, 0.05) is 25.2 Å². The Morgan fingerprint density at radius 2 is 1.81 bits per heavy atom. The molecule has 1 saturated heterocycles. The van der Waals surface area contributed by atoms with Crippen LogP contribution >= 0.6 is 0 Å². The molecular formula is C21H24N2O4. The molecule has 0 saturated carbocycles. The van der Waals surface area contributed by atoms with Crippen molar-refractivity contribution in [3.63, 3.8) is 0 Å². The number of aryl methyl sites for hydroxylation is 1. The Hall–Kier alpha value is -3.02. The normalized spacial score (nSPS) is 13.4. The van der Waals surface area contributed by atoms with E-state index in [4.69, 9.17) is 4.74 Å². The number of methoxy groups -OCH3 is 1. The number of anilines is 2. The SMILES string of the molecule is COc1ccc(CCC(=O)Nc2ccc(N3CCCC3)cc2C(=O)O)cc1. The van der Waals surface area contributed by atoms with Crippen molar-refractivity contribution in [2.45, 2.75) is 25.7 Å². The van der Waals surface area contributed by atoms with E-state index in [1.807, 2.05) is 30.3 Å². The van der Waals surface area contributed by atoms with Crippen LogP contribution in [-0.2, 0) is 11.2 Å². The van der Waals surface area contributed by atoms with Crippen molar-refractivity contribution in [2.24, 2.45) is 0 Å². The van der Waals surface area contributed by atoms with Crippen molar-refractivity contribution >= 4 is 23.3 Å². The molecule has 6 heteroatoms. The Kier molecular flexibility index (Phi) is 5.96. The number of carboxylic acid groups (broad SMARTS) is 1. The molecule has 0 unspecified atom stereocenters. The summed E-state index contributed by atoms with van der Waals surface area (Å²) in [6.45, 7) is 1.87. The van der Waals surface area contributed by atoms with Crippen molar-refractivity contribution in [1.82, 2.24) is 0 Å². The average molecular weight is 368 g/mol. The van der Waals surface area contributed by atoms with E-state index >= 15 is 0 Å². The van der Waals surface area contributed by atoms with Gasteiger partial charge in [-0.25, -0.2) is 4.79 Å². The Morgan fingerprint density at radius 3 is 2.44 bits per heavy atom. The molecule has 0 spiro atoms. The number of rotatable bonds is 7. The van der Waals surface area contributed by atoms with Crippen LogP contribution in [0.2, 0.25) is 0 Å². The number of amides is 1. The van der Waals surface area contributed by atoms with Gasteiger partial charge in [0.25, 0.3) is 0 Å². The minimum atomic E-state index is -1.04. The first-order valence-electron chi connectivity index (χ1n) is 9.12. The molecule has 1 aliphatic heterocycles. The van der Waals surface area contributed by atoms with E-state index in [1.54, 1.807) is 19.2 Å². The van der Waals surface area contributed by atoms with Gasteiger partial charge in [0.15, 0.2) is 0 Å². The highest BCUT2D eigenvalue weighted by atomic mass is 16.5. The van der Waals surface area contributed by atoms with Gasteiger partial charge in [-0.15, -0.1) is 0 Å². The van der Waals surface area contributed by atoms with Crippen molar-refractivity contribution in [3.8, 4) is 5.75 Å². The second kappa shape index (κ2) is 8.58. The Bertz CT molecular complexity index is 811. The summed E-state index contributed by atoms with van der Waals surface area (Å²) in [4.78, 5) is 26.1. The molecule has 2 aromatic rings. The molecule has 1 heterocycles. The minimum Gasteiger partial charge on any atom is -0.497 e. The summed E-state index contributed by atoms with van der Waals surface area (Å²) in [5.74, 6) is -0.476. The van der Waals surface area contributed by atoms with Gasteiger partial charge in [-0.1, -0.05) is 12.1 Å². The lowest BCUT2D eigenvalue weighted by Crippen LogP contribution is -2.19. The summed E-state index contributed by atoms with van der Waals surface area (Å²) in [7, 11) is 1.61. The van der Waals surface area contributed by atoms with Gasteiger partial charge >= 0.3 is 5.97 Å². The Morgan fingerprint density at radius 1 is 1.11 bits per heavy atom. The van der Waals surface area contributed by atoms with E-state index in [9.17, 15) is 14.7 Å². The lowest BCUT2D eigenvalue weighted by Gasteiger charge is -2.19. The molecule has 3 rings (SSSR count). The van der Waals surface area contributed by atoms with Crippen LogP contribution in [0.1, 0.15) is 35.2 Å². The van der Waals surface area contributed by atoms with Gasteiger partial charge in [0.2, 0.25) is 5.91 Å². The number of carbonyl (C=O) groups excluding carboxylic acids is 1. The third kappa shape index (κ3) is 4.78. The number of hydrogen-bond donors (Lipinski definition) is 2. The topological polar surface area (TPSA) is 78.9 Å². The smallest absolute Gasteiger partial charge is 0.337 e. The second-order valence-electron chi connectivity index (χ2n) is 6.63. The van der Waals surface area contributed by atoms with E-state index in [0.29, 0.717) is 12.1 Å². The number of nitrogens with zero attached hydrogens (tertiary/aromatic N) is 1. The van der Waals surface area contributed by atoms with Crippen LogP contribution in [-0.4, -0.2) is 37.2 Å². The van der Waals surface area contributed by atoms with Crippen LogP contribution in [0, 0.1) is 0 Å². The number of carbonyl (C=O) groups is 2. The fourth-order valence-electron chi connectivity index (χ4n) is 3.25. The maximum Gasteiger partial charge on any atom is 0.337 e. The van der Waals surface area contributed by atoms with Crippen molar-refractivity contribution in [3.05, 3.63) is 53.6 Å². The van der Waals surface area contributed by atoms with Crippen LogP contribution in [0.15, 0.2) is 42.5 Å². The number of benzene rings is 2. The molecule has 142 valence electrons. The first-order valence-corrected chi connectivity index (χ1v) is 9.12. The van der Waals surface area contributed by atoms with Crippen LogP contribution < -0.4 is 15.0 Å². The van der Waals surface area contributed by atoms with Gasteiger partial charge in [-0.3, -0.25) is 4.79 Å². The van der Waals surface area contributed by atoms with Gasteiger partial charge in [-0.2, -0.15) is 0 Å². The zero-order valence-electron chi connectivity index (χ0n) is 15.4. The molecule has 27 heavy (non-hydrogen) atoms. The number of ether oxygens (including phenoxy) is 1. The minimum absolute atomic E-state index is 0.122. The maximum atomic E-state index is 12.3. The van der Waals surface area contributed by atoms with E-state index < -0.39 is 5.97 Å². The molecule has 0 atom stereocenters. The predicted octanol–water partition coefficient (Wildman–Crippen LogP) is 3.56. The van der Waals surface area contributed by atoms with Gasteiger partial charge in [0.05, 0.1) is 18.4 Å². The number of aromatic carboxylic acids is 1. The van der Waals surface area contributed by atoms with E-state index in [2.05, 4.69) is 10.2 Å². The molecule has 6 nitrogen and oxygen atoms in total. The van der Waals surface area contributed by atoms with Gasteiger partial charge in [0.1, 0.15) is 5.75 Å². The molecule has 1 amide bonds. The fourth-order valence-corrected chi connectivity index (χ4v) is 3.25. The quantitative estimate of drug-likeness (QED) is 0.781. The summed E-state index contributed by atoms with van der Waals surface area (Å²) in [6, 6.07) is 12.7. The van der Waals surface area contributed by atoms with Crippen LogP contribution in [0.5, 0.6) is 5.75 Å². The van der Waals surface area contributed by atoms with E-state index in [1.165, 1.54) is 0 Å². The van der Waals surface area contributed by atoms with Crippen molar-refractivity contribution in [1.29, 1.82) is 0 Å². The zero-order chi connectivity index (χ0) is 19.2. The summed E-state index contributed by atoms with van der Waals surface area (Å²) in [5.41, 5.74) is 2.37. The molecule has 2 aromatic carbocycles. The molecular weight excluding hydrogens is 344 g/mol. The monoisotopic (exact) mass is 368 g/mol. The number of nitrogens with one attached hydrogen (secondary N) is 1. The van der Waals surface area contributed by atoms with Crippen LogP contribution in [0.4, 0.5) is 11.4 Å². The van der Waals surface area contributed by atoms with Crippen molar-refractivity contribution < 1.29 is 19.4 Å². The lowest BCUT2D eigenvalue weighted by molar-refractivity contribution is -0.116. The highest BCUT2D eigenvalue weighted by Crippen LogP contribution is 2.26. The fraction of sp³-hybridized carbons (Fsp3) is 0.333. The first-order chi connectivity index (χ1) is 13.1. The van der Waals surface area contributed by atoms with Gasteiger partial charge < -0.3 is 20.1 Å². The third-order valence-corrected chi connectivity index (χ3v) is 4.78. The van der Waals surface area contributed by atoms with E-state index in [-0.39, 0.29) is 17.9 Å². The number of carboxylic acids is 1. The second-order valence-corrected chi connectivity index (χ2v) is 6.63. The lowest BCUT2D eigenvalue weighted by atomic mass is 10.1. The third-order valence-electron chi connectivity index (χ3n) is 4.78. The molecule has 0 radical (unpaired) electrons. The van der Waals surface area contributed by atoms with Crippen LogP contribution in [0.3, 0.4) is 0 Å². The van der Waals surface area contributed by atoms with Crippen LogP contribution in [0.25, 0.3) is 0 Å². The molecule has 1 aliphatic rings. The molecule has 0 aliphatic carbocycles. The molecule has 0 aromatic heterocycles. The predicted molar refractivity (Wildman–Crippen MR) is 105 cm³/mol. The zero-order valence-corrected chi connectivity index (χ0v) is 15.4. The molecule has 2 N–H and O–H groups in total. The summed E-state index contributed by atoms with van der Waals surface area (Å²) in [5, 5.41) is 12.3. The highest BCUT2D eigenvalue weighted by Gasteiger charge is 2.18. The Balaban J connectivity index is 1.64. The van der Waals surface area contributed by atoms with Gasteiger partial charge in [-0.05, 0) is 55.2 Å². The first kappa shape index (κ1) is 18.8. The number of hydrogen-bond acceptors (Lipinski definition) is 4.